The van der Waals surface area contributed by atoms with Crippen molar-refractivity contribution in [2.75, 3.05) is 19.0 Å². The van der Waals surface area contributed by atoms with Gasteiger partial charge in [0.05, 0.1) is 17.9 Å². The van der Waals surface area contributed by atoms with E-state index in [1.54, 1.807) is 44.6 Å². The maximum absolute atomic E-state index is 12.8. The number of carbonyl (C=O) groups excluding carboxylic acids is 1. The molecule has 9 nitrogen and oxygen atoms in total. The summed E-state index contributed by atoms with van der Waals surface area (Å²) < 4.78 is 24.4. The smallest absolute Gasteiger partial charge is 0.318 e. The third kappa shape index (κ3) is 4.35. The van der Waals surface area contributed by atoms with Crippen molar-refractivity contribution in [3.05, 3.63) is 53.9 Å². The van der Waals surface area contributed by atoms with Gasteiger partial charge in [-0.05, 0) is 30.7 Å². The highest BCUT2D eigenvalue weighted by molar-refractivity contribution is 7.14. The number of hydrogen-bond acceptors (Lipinski definition) is 8. The number of pyridine rings is 1. The number of aromatic hydroxyl groups is 1. The molecule has 0 spiro atoms. The van der Waals surface area contributed by atoms with Gasteiger partial charge in [-0.25, -0.2) is 0 Å². The van der Waals surface area contributed by atoms with E-state index in [1.807, 2.05) is 6.07 Å². The Balaban J connectivity index is 1.81. The lowest BCUT2D eigenvalue weighted by molar-refractivity contribution is 0.0782. The summed E-state index contributed by atoms with van der Waals surface area (Å²) in [6.45, 7) is 2.42. The van der Waals surface area contributed by atoms with Gasteiger partial charge in [-0.2, -0.15) is 0 Å². The predicted molar refractivity (Wildman–Crippen MR) is 103 cm³/mol. The van der Waals surface area contributed by atoms with Crippen molar-refractivity contribution in [3.8, 4) is 11.6 Å². The fourth-order valence-corrected chi connectivity index (χ4v) is 3.15. The summed E-state index contributed by atoms with van der Waals surface area (Å²) >= 11 is -1.78. The molecule has 2 N–H and O–H groups in total. The Morgan fingerprint density at radius 3 is 2.86 bits per heavy atom. The number of hydrogen-bond donors (Lipinski definition) is 2. The molecule has 0 saturated carbocycles. The van der Waals surface area contributed by atoms with Crippen LogP contribution in [0.3, 0.4) is 0 Å². The van der Waals surface area contributed by atoms with Crippen LogP contribution in [0.5, 0.6) is 11.6 Å². The lowest BCUT2D eigenvalue weighted by Gasteiger charge is -2.18. The summed E-state index contributed by atoms with van der Waals surface area (Å²) in [5.74, 6) is -0.392. The third-order valence-corrected chi connectivity index (χ3v) is 4.48. The van der Waals surface area contributed by atoms with Crippen molar-refractivity contribution in [1.29, 1.82) is 0 Å². The lowest BCUT2D eigenvalue weighted by Crippen LogP contribution is -2.26. The number of ether oxygens (including phenoxy) is 1. The number of phenols is 1. The molecule has 0 radical (unpaired) electrons. The molecule has 2 heterocycles. The molecule has 0 aliphatic carbocycles. The van der Waals surface area contributed by atoms with Gasteiger partial charge in [-0.1, -0.05) is 12.1 Å². The molecule has 1 atom stereocenters. The molecule has 3 rings (SSSR count). The van der Waals surface area contributed by atoms with Crippen molar-refractivity contribution >= 4 is 28.6 Å². The second-order valence-corrected chi connectivity index (χ2v) is 6.68. The molecular formula is C18H19N5O4S. The van der Waals surface area contributed by atoms with Gasteiger partial charge in [0.1, 0.15) is 0 Å². The van der Waals surface area contributed by atoms with E-state index < -0.39 is 11.1 Å². The topological polar surface area (TPSA) is 124 Å². The fourth-order valence-electron chi connectivity index (χ4n) is 2.55. The van der Waals surface area contributed by atoms with Crippen LogP contribution in [-0.2, 0) is 6.54 Å². The van der Waals surface area contributed by atoms with Gasteiger partial charge in [0.2, 0.25) is 0 Å². The van der Waals surface area contributed by atoms with Crippen LogP contribution in [-0.4, -0.2) is 47.9 Å². The second kappa shape index (κ2) is 8.63. The lowest BCUT2D eigenvalue weighted by atomic mass is 10.1. The first-order chi connectivity index (χ1) is 13.5. The van der Waals surface area contributed by atoms with E-state index in [-0.39, 0.29) is 34.6 Å². The van der Waals surface area contributed by atoms with Gasteiger partial charge in [-0.15, -0.1) is 0 Å². The van der Waals surface area contributed by atoms with E-state index >= 15 is 0 Å². The van der Waals surface area contributed by atoms with Crippen LogP contribution >= 0.6 is 11.1 Å². The Labute approximate surface area is 164 Å². The average Bonchev–Trinajstić information content (AvgIpc) is 3.03. The first kappa shape index (κ1) is 19.5. The maximum atomic E-state index is 12.8. The predicted octanol–water partition coefficient (Wildman–Crippen LogP) is 2.72. The van der Waals surface area contributed by atoms with Gasteiger partial charge in [0.25, 0.3) is 11.7 Å². The molecule has 0 aliphatic heterocycles. The Bertz CT molecular complexity index is 964. The SMILES string of the molecule is CCOc1n[s+]([O-])nc1Nc1cccc(C(=O)N(C)Cc2cccnc2)c1O. The maximum Gasteiger partial charge on any atom is 0.318 e. The molecular weight excluding hydrogens is 382 g/mol. The van der Waals surface area contributed by atoms with Gasteiger partial charge in [0, 0.05) is 34.7 Å². The number of aromatic nitrogens is 3. The molecule has 0 fully saturated rings. The average molecular weight is 401 g/mol. The number of nitrogens with zero attached hydrogens (tertiary/aromatic N) is 4. The largest absolute Gasteiger partial charge is 0.546 e. The standard InChI is InChI=1S/C18H19N5O4S/c1-3-27-17-16(21-28(26)22-17)20-14-8-4-7-13(15(14)24)18(25)23(2)11-12-6-5-9-19-10-12/h4-10,24H,3,11H2,1-2H3,(H,20,21). The van der Waals surface area contributed by atoms with Crippen molar-refractivity contribution in [3.63, 3.8) is 0 Å². The normalized spacial score (nSPS) is 11.2. The number of rotatable bonds is 7. The molecule has 1 aromatic carbocycles. The van der Waals surface area contributed by atoms with Crippen LogP contribution in [0, 0.1) is 0 Å². The highest BCUT2D eigenvalue weighted by Crippen LogP contribution is 2.34. The van der Waals surface area contributed by atoms with E-state index in [9.17, 15) is 14.5 Å². The highest BCUT2D eigenvalue weighted by Gasteiger charge is 2.22. The monoisotopic (exact) mass is 401 g/mol. The van der Waals surface area contributed by atoms with E-state index in [0.717, 1.165) is 5.56 Å². The Morgan fingerprint density at radius 2 is 2.14 bits per heavy atom. The first-order valence-electron chi connectivity index (χ1n) is 8.45. The van der Waals surface area contributed by atoms with Gasteiger partial charge < -0.3 is 24.6 Å². The van der Waals surface area contributed by atoms with Crippen LogP contribution in [0.25, 0.3) is 0 Å². The Hall–Kier alpha value is -3.24. The number of para-hydroxylation sites is 1. The zero-order chi connectivity index (χ0) is 20.1. The minimum Gasteiger partial charge on any atom is -0.546 e. The molecule has 10 heteroatoms. The van der Waals surface area contributed by atoms with Gasteiger partial charge in [0.15, 0.2) is 16.9 Å². The van der Waals surface area contributed by atoms with Crippen molar-refractivity contribution in [2.45, 2.75) is 13.5 Å². The first-order valence-corrected chi connectivity index (χ1v) is 9.52. The summed E-state index contributed by atoms with van der Waals surface area (Å²) in [6, 6.07) is 8.37. The summed E-state index contributed by atoms with van der Waals surface area (Å²) in [7, 11) is 1.64. The van der Waals surface area contributed by atoms with Gasteiger partial charge in [-0.3, -0.25) is 9.78 Å². The zero-order valence-electron chi connectivity index (χ0n) is 15.3. The van der Waals surface area contributed by atoms with Gasteiger partial charge >= 0.3 is 5.88 Å². The van der Waals surface area contributed by atoms with Crippen molar-refractivity contribution in [1.82, 2.24) is 18.6 Å². The van der Waals surface area contributed by atoms with E-state index in [1.165, 1.54) is 11.0 Å². The summed E-state index contributed by atoms with van der Waals surface area (Å²) in [5.41, 5.74) is 1.21. The second-order valence-electron chi connectivity index (χ2n) is 5.85. The number of anilines is 2. The molecule has 28 heavy (non-hydrogen) atoms. The summed E-state index contributed by atoms with van der Waals surface area (Å²) in [6.07, 6.45) is 3.33. The molecule has 1 unspecified atom stereocenters. The molecule has 2 aromatic heterocycles. The quantitative estimate of drug-likeness (QED) is 0.457. The van der Waals surface area contributed by atoms with Crippen LogP contribution < -0.4 is 10.1 Å². The number of nitrogens with one attached hydrogen (secondary N) is 1. The number of carbonyl (C=O) groups is 1. The molecule has 0 aliphatic rings. The third-order valence-electron chi connectivity index (χ3n) is 3.82. The number of amides is 1. The minimum atomic E-state index is -1.78. The van der Waals surface area contributed by atoms with E-state index in [0.29, 0.717) is 13.2 Å². The van der Waals surface area contributed by atoms with Crippen molar-refractivity contribution < 1.29 is 19.2 Å². The Kier molecular flexibility index (Phi) is 6.02. The molecule has 0 bridgehead atoms. The number of benzene rings is 1. The minimum absolute atomic E-state index is 0.0886. The van der Waals surface area contributed by atoms with E-state index in [4.69, 9.17) is 4.74 Å². The van der Waals surface area contributed by atoms with Crippen LogP contribution in [0.2, 0.25) is 0 Å². The summed E-state index contributed by atoms with van der Waals surface area (Å²) in [4.78, 5) is 18.3. The molecule has 1 amide bonds. The van der Waals surface area contributed by atoms with Crippen LogP contribution in [0.4, 0.5) is 11.5 Å². The van der Waals surface area contributed by atoms with E-state index in [2.05, 4.69) is 19.0 Å². The molecule has 0 saturated heterocycles. The summed E-state index contributed by atoms with van der Waals surface area (Å²) in [5, 5.41) is 13.4. The van der Waals surface area contributed by atoms with Crippen LogP contribution in [0.1, 0.15) is 22.8 Å². The highest BCUT2D eigenvalue weighted by atomic mass is 32.2. The zero-order valence-corrected chi connectivity index (χ0v) is 16.1. The molecule has 146 valence electrons. The Morgan fingerprint density at radius 1 is 1.32 bits per heavy atom. The van der Waals surface area contributed by atoms with Crippen LogP contribution in [0.15, 0.2) is 42.7 Å². The fraction of sp³-hybridized carbons (Fsp3) is 0.222. The van der Waals surface area contributed by atoms with Crippen molar-refractivity contribution in [2.24, 2.45) is 0 Å². The molecule has 3 aromatic rings. The number of phenolic OH excluding ortho intramolecular Hbond substituents is 1.